The summed E-state index contributed by atoms with van der Waals surface area (Å²) in [4.78, 5) is 18.7. The van der Waals surface area contributed by atoms with Crippen LogP contribution in [-0.4, -0.2) is 20.7 Å². The number of imidazole rings is 1. The van der Waals surface area contributed by atoms with E-state index in [4.69, 9.17) is 0 Å². The predicted octanol–water partition coefficient (Wildman–Crippen LogP) is 0.850. The highest BCUT2D eigenvalue weighted by molar-refractivity contribution is 5.75. The lowest BCUT2D eigenvalue weighted by Crippen LogP contribution is -1.91. The van der Waals surface area contributed by atoms with Gasteiger partial charge in [-0.25, -0.2) is 9.97 Å². The van der Waals surface area contributed by atoms with E-state index in [1.807, 2.05) is 0 Å². The van der Waals surface area contributed by atoms with Gasteiger partial charge in [0.1, 0.15) is 5.69 Å². The Morgan fingerprint density at radius 1 is 1.58 bits per heavy atom. The van der Waals surface area contributed by atoms with Gasteiger partial charge in [-0.05, 0) is 13.0 Å². The van der Waals surface area contributed by atoms with E-state index in [9.17, 15) is 4.79 Å². The molecule has 2 aromatic rings. The summed E-state index contributed by atoms with van der Waals surface area (Å²) in [6.07, 6.45) is 4.21. The normalized spacial score (nSPS) is 10.4. The van der Waals surface area contributed by atoms with Crippen molar-refractivity contribution in [2.75, 3.05) is 0 Å². The molecule has 12 heavy (non-hydrogen) atoms. The number of hydrogen-bond donors (Lipinski definition) is 0. The number of hydrogen-bond acceptors (Lipinski definition) is 3. The van der Waals surface area contributed by atoms with Crippen molar-refractivity contribution >= 4 is 12.1 Å². The van der Waals surface area contributed by atoms with Crippen LogP contribution in [0, 0.1) is 6.92 Å². The molecule has 0 aromatic carbocycles. The van der Waals surface area contributed by atoms with Crippen LogP contribution in [0.1, 0.15) is 16.2 Å². The summed E-state index contributed by atoms with van der Waals surface area (Å²) in [5.41, 5.74) is 1.28. The van der Waals surface area contributed by atoms with Crippen molar-refractivity contribution in [2.45, 2.75) is 6.92 Å². The third-order valence-electron chi connectivity index (χ3n) is 1.74. The maximum atomic E-state index is 10.6. The van der Waals surface area contributed by atoms with Crippen LogP contribution in [0.3, 0.4) is 0 Å². The summed E-state index contributed by atoms with van der Waals surface area (Å²) in [5.74, 6) is 0.567. The number of aldehydes is 1. The Labute approximate surface area is 68.9 Å². The van der Waals surface area contributed by atoms with Crippen LogP contribution < -0.4 is 0 Å². The molecule has 2 aromatic heterocycles. The average Bonchev–Trinajstić information content (AvgIpc) is 2.40. The lowest BCUT2D eigenvalue weighted by Gasteiger charge is -1.90. The standard InChI is InChI=1S/C8H7N3O/c1-6-7(5-12)11-4-2-3-9-8(11)10-6/h2-5H,1H3. The van der Waals surface area contributed by atoms with Gasteiger partial charge in [-0.2, -0.15) is 0 Å². The quantitative estimate of drug-likeness (QED) is 0.582. The topological polar surface area (TPSA) is 47.3 Å². The van der Waals surface area contributed by atoms with Crippen LogP contribution in [-0.2, 0) is 0 Å². The highest BCUT2D eigenvalue weighted by atomic mass is 16.1. The smallest absolute Gasteiger partial charge is 0.234 e. The van der Waals surface area contributed by atoms with Crippen molar-refractivity contribution in [2.24, 2.45) is 0 Å². The lowest BCUT2D eigenvalue weighted by molar-refractivity contribution is 0.111. The third kappa shape index (κ3) is 0.812. The van der Waals surface area contributed by atoms with E-state index in [0.29, 0.717) is 17.2 Å². The van der Waals surface area contributed by atoms with Gasteiger partial charge < -0.3 is 0 Å². The van der Waals surface area contributed by atoms with Gasteiger partial charge >= 0.3 is 0 Å². The van der Waals surface area contributed by atoms with Gasteiger partial charge in [0.2, 0.25) is 5.78 Å². The molecule has 0 aliphatic heterocycles. The number of rotatable bonds is 1. The monoisotopic (exact) mass is 161 g/mol. The summed E-state index contributed by atoms with van der Waals surface area (Å²) >= 11 is 0. The van der Waals surface area contributed by atoms with Crippen LogP contribution in [0.25, 0.3) is 5.78 Å². The Morgan fingerprint density at radius 2 is 2.42 bits per heavy atom. The number of carbonyl (C=O) groups excluding carboxylic acids is 1. The molecule has 0 aliphatic rings. The van der Waals surface area contributed by atoms with E-state index in [1.54, 1.807) is 29.8 Å². The van der Waals surface area contributed by atoms with E-state index in [1.165, 1.54) is 0 Å². The molecule has 0 aliphatic carbocycles. The molecule has 4 heteroatoms. The highest BCUT2D eigenvalue weighted by Crippen LogP contribution is 2.06. The first-order chi connectivity index (χ1) is 5.83. The van der Waals surface area contributed by atoms with Crippen molar-refractivity contribution in [1.82, 2.24) is 14.4 Å². The zero-order valence-corrected chi connectivity index (χ0v) is 6.56. The van der Waals surface area contributed by atoms with Gasteiger partial charge in [0, 0.05) is 12.4 Å². The van der Waals surface area contributed by atoms with E-state index >= 15 is 0 Å². The molecular formula is C8H7N3O. The van der Waals surface area contributed by atoms with Crippen molar-refractivity contribution in [3.63, 3.8) is 0 Å². The Balaban J connectivity index is 2.90. The molecular weight excluding hydrogens is 154 g/mol. The molecule has 2 rings (SSSR count). The number of aromatic nitrogens is 3. The van der Waals surface area contributed by atoms with Crippen molar-refractivity contribution in [3.8, 4) is 0 Å². The van der Waals surface area contributed by atoms with E-state index in [-0.39, 0.29) is 0 Å². The summed E-state index contributed by atoms with van der Waals surface area (Å²) in [7, 11) is 0. The minimum Gasteiger partial charge on any atom is -0.296 e. The Morgan fingerprint density at radius 3 is 3.17 bits per heavy atom. The number of carbonyl (C=O) groups is 1. The Bertz CT molecular complexity index is 433. The van der Waals surface area contributed by atoms with Gasteiger partial charge in [-0.15, -0.1) is 0 Å². The second kappa shape index (κ2) is 2.41. The fourth-order valence-electron chi connectivity index (χ4n) is 1.16. The van der Waals surface area contributed by atoms with Crippen LogP contribution in [0.2, 0.25) is 0 Å². The third-order valence-corrected chi connectivity index (χ3v) is 1.74. The molecule has 60 valence electrons. The number of aryl methyl sites for hydroxylation is 1. The second-order valence-corrected chi connectivity index (χ2v) is 2.49. The first kappa shape index (κ1) is 6.97. The minimum atomic E-state index is 0.567. The minimum absolute atomic E-state index is 0.567. The molecule has 4 nitrogen and oxygen atoms in total. The van der Waals surface area contributed by atoms with Gasteiger partial charge in [-0.3, -0.25) is 9.20 Å². The predicted molar refractivity (Wildman–Crippen MR) is 43.1 cm³/mol. The Hall–Kier alpha value is -1.71. The lowest BCUT2D eigenvalue weighted by atomic mass is 10.4. The second-order valence-electron chi connectivity index (χ2n) is 2.49. The van der Waals surface area contributed by atoms with Crippen LogP contribution in [0.15, 0.2) is 18.5 Å². The van der Waals surface area contributed by atoms with Gasteiger partial charge in [-0.1, -0.05) is 0 Å². The van der Waals surface area contributed by atoms with Gasteiger partial charge in [0.05, 0.1) is 5.69 Å². The Kier molecular flexibility index (Phi) is 1.40. The molecule has 0 unspecified atom stereocenters. The summed E-state index contributed by atoms with van der Waals surface area (Å²) in [5, 5.41) is 0. The number of nitrogens with zero attached hydrogens (tertiary/aromatic N) is 3. The summed E-state index contributed by atoms with van der Waals surface area (Å²) < 4.78 is 1.67. The summed E-state index contributed by atoms with van der Waals surface area (Å²) in [6, 6.07) is 1.76. The highest BCUT2D eigenvalue weighted by Gasteiger charge is 2.06. The van der Waals surface area contributed by atoms with E-state index < -0.39 is 0 Å². The van der Waals surface area contributed by atoms with Crippen LogP contribution in [0.4, 0.5) is 0 Å². The molecule has 0 N–H and O–H groups in total. The fourth-order valence-corrected chi connectivity index (χ4v) is 1.16. The average molecular weight is 161 g/mol. The van der Waals surface area contributed by atoms with Crippen LogP contribution >= 0.6 is 0 Å². The molecule has 0 spiro atoms. The first-order valence-corrected chi connectivity index (χ1v) is 3.58. The maximum Gasteiger partial charge on any atom is 0.234 e. The maximum absolute atomic E-state index is 10.6. The van der Waals surface area contributed by atoms with E-state index in [2.05, 4.69) is 9.97 Å². The molecule has 0 bridgehead atoms. The van der Waals surface area contributed by atoms with Crippen molar-refractivity contribution in [3.05, 3.63) is 29.8 Å². The largest absolute Gasteiger partial charge is 0.296 e. The van der Waals surface area contributed by atoms with Gasteiger partial charge in [0.15, 0.2) is 6.29 Å². The molecule has 0 radical (unpaired) electrons. The number of fused-ring (bicyclic) bond motifs is 1. The molecule has 0 amide bonds. The van der Waals surface area contributed by atoms with E-state index in [0.717, 1.165) is 6.29 Å². The fraction of sp³-hybridized carbons (Fsp3) is 0.125. The van der Waals surface area contributed by atoms with Crippen molar-refractivity contribution < 1.29 is 4.79 Å². The zero-order valence-electron chi connectivity index (χ0n) is 6.56. The zero-order chi connectivity index (χ0) is 8.55. The molecule has 0 atom stereocenters. The molecule has 2 heterocycles. The molecule has 0 saturated carbocycles. The van der Waals surface area contributed by atoms with Crippen molar-refractivity contribution in [1.29, 1.82) is 0 Å². The summed E-state index contributed by atoms with van der Waals surface area (Å²) in [6.45, 7) is 1.79. The molecule has 0 fully saturated rings. The SMILES string of the molecule is Cc1nc2ncccn2c1C=O. The van der Waals surface area contributed by atoms with Crippen LogP contribution in [0.5, 0.6) is 0 Å². The van der Waals surface area contributed by atoms with Gasteiger partial charge in [0.25, 0.3) is 0 Å². The molecule has 0 saturated heterocycles. The first-order valence-electron chi connectivity index (χ1n) is 3.58.